The van der Waals surface area contributed by atoms with Gasteiger partial charge >= 0.3 is 11.8 Å². The van der Waals surface area contributed by atoms with Gasteiger partial charge in [0.15, 0.2) is 18.1 Å². The lowest BCUT2D eigenvalue weighted by atomic mass is 10.1. The number of nitrogens with zero attached hydrogens (tertiary/aromatic N) is 1. The third-order valence-corrected chi connectivity index (χ3v) is 4.30. The third kappa shape index (κ3) is 7.12. The van der Waals surface area contributed by atoms with Crippen molar-refractivity contribution in [1.82, 2.24) is 10.7 Å². The van der Waals surface area contributed by atoms with Gasteiger partial charge in [0.05, 0.1) is 13.3 Å². The molecular weight excluding hydrogens is 412 g/mol. The molecule has 0 aromatic heterocycles. The van der Waals surface area contributed by atoms with E-state index in [0.717, 1.165) is 16.8 Å². The van der Waals surface area contributed by atoms with E-state index in [1.54, 1.807) is 32.0 Å². The van der Waals surface area contributed by atoms with Crippen molar-refractivity contribution in [2.24, 2.45) is 5.10 Å². The van der Waals surface area contributed by atoms with Crippen molar-refractivity contribution in [3.05, 3.63) is 53.1 Å². The van der Waals surface area contributed by atoms with Crippen LogP contribution >= 0.6 is 0 Å². The Kier molecular flexibility index (Phi) is 8.76. The quantitative estimate of drug-likeness (QED) is 0.331. The minimum atomic E-state index is -0.864. The van der Waals surface area contributed by atoms with Gasteiger partial charge in [-0.15, -0.1) is 0 Å². The number of amides is 3. The van der Waals surface area contributed by atoms with Gasteiger partial charge in [0, 0.05) is 11.7 Å². The molecule has 9 nitrogen and oxygen atoms in total. The lowest BCUT2D eigenvalue weighted by Crippen LogP contribution is -2.41. The first-order chi connectivity index (χ1) is 15.2. The van der Waals surface area contributed by atoms with E-state index in [2.05, 4.69) is 21.2 Å². The van der Waals surface area contributed by atoms with E-state index in [1.807, 2.05) is 32.0 Å². The maximum atomic E-state index is 12.3. The van der Waals surface area contributed by atoms with Crippen molar-refractivity contribution in [3.8, 4) is 11.5 Å². The predicted octanol–water partition coefficient (Wildman–Crippen LogP) is 2.30. The van der Waals surface area contributed by atoms with Crippen molar-refractivity contribution in [1.29, 1.82) is 0 Å². The van der Waals surface area contributed by atoms with Crippen molar-refractivity contribution in [3.63, 3.8) is 0 Å². The number of rotatable bonds is 8. The maximum absolute atomic E-state index is 12.3. The summed E-state index contributed by atoms with van der Waals surface area (Å²) in [5.74, 6) is -1.16. The molecule has 2 rings (SSSR count). The molecule has 0 aliphatic rings. The van der Waals surface area contributed by atoms with Gasteiger partial charge in [0.25, 0.3) is 5.91 Å². The molecule has 0 saturated heterocycles. The fraction of sp³-hybridized carbons (Fsp3) is 0.304. The number of aryl methyl sites for hydroxylation is 2. The van der Waals surface area contributed by atoms with Gasteiger partial charge in [-0.3, -0.25) is 14.4 Å². The fourth-order valence-corrected chi connectivity index (χ4v) is 2.76. The summed E-state index contributed by atoms with van der Waals surface area (Å²) < 4.78 is 10.9. The minimum Gasteiger partial charge on any atom is -0.493 e. The number of para-hydroxylation sites is 1. The van der Waals surface area contributed by atoms with E-state index in [1.165, 1.54) is 13.3 Å². The van der Waals surface area contributed by atoms with Crippen LogP contribution in [0.1, 0.15) is 30.5 Å². The Balaban J connectivity index is 1.96. The Morgan fingerprint density at radius 3 is 2.34 bits per heavy atom. The Morgan fingerprint density at radius 1 is 1.03 bits per heavy atom. The van der Waals surface area contributed by atoms with E-state index in [4.69, 9.17) is 9.47 Å². The van der Waals surface area contributed by atoms with Crippen molar-refractivity contribution < 1.29 is 23.9 Å². The van der Waals surface area contributed by atoms with Crippen LogP contribution in [0.5, 0.6) is 11.5 Å². The van der Waals surface area contributed by atoms with E-state index in [0.29, 0.717) is 17.1 Å². The average molecular weight is 441 g/mol. The van der Waals surface area contributed by atoms with Crippen LogP contribution in [0, 0.1) is 13.8 Å². The smallest absolute Gasteiger partial charge is 0.329 e. The summed E-state index contributed by atoms with van der Waals surface area (Å²) in [5, 5.41) is 9.09. The van der Waals surface area contributed by atoms with E-state index >= 15 is 0 Å². The largest absolute Gasteiger partial charge is 0.493 e. The van der Waals surface area contributed by atoms with Crippen LogP contribution in [0.25, 0.3) is 0 Å². The zero-order valence-corrected chi connectivity index (χ0v) is 18.8. The van der Waals surface area contributed by atoms with Gasteiger partial charge in [0.2, 0.25) is 0 Å². The second-order valence-corrected chi connectivity index (χ2v) is 7.34. The molecule has 0 spiro atoms. The van der Waals surface area contributed by atoms with Crippen LogP contribution in [0.3, 0.4) is 0 Å². The number of carbonyl (C=O) groups is 3. The number of hydrogen-bond donors (Lipinski definition) is 3. The molecule has 0 bridgehead atoms. The Bertz CT molecular complexity index is 997. The maximum Gasteiger partial charge on any atom is 0.329 e. The zero-order chi connectivity index (χ0) is 23.7. The van der Waals surface area contributed by atoms with Gasteiger partial charge in [-0.25, -0.2) is 5.43 Å². The second-order valence-electron chi connectivity index (χ2n) is 7.34. The molecule has 2 aromatic carbocycles. The molecule has 0 aliphatic carbocycles. The Hall–Kier alpha value is -3.88. The van der Waals surface area contributed by atoms with Crippen LogP contribution in [0.4, 0.5) is 5.69 Å². The van der Waals surface area contributed by atoms with Gasteiger partial charge < -0.3 is 20.1 Å². The number of methoxy groups -OCH3 is 1. The molecule has 3 N–H and O–H groups in total. The molecule has 170 valence electrons. The zero-order valence-electron chi connectivity index (χ0n) is 18.8. The molecule has 0 radical (unpaired) electrons. The number of nitrogens with one attached hydrogen (secondary N) is 3. The lowest BCUT2D eigenvalue weighted by Gasteiger charge is -2.13. The molecule has 9 heteroatoms. The molecule has 32 heavy (non-hydrogen) atoms. The summed E-state index contributed by atoms with van der Waals surface area (Å²) in [6.45, 7) is 7.14. The van der Waals surface area contributed by atoms with Crippen LogP contribution in [-0.2, 0) is 14.4 Å². The highest BCUT2D eigenvalue weighted by molar-refractivity contribution is 6.35. The van der Waals surface area contributed by atoms with E-state index in [-0.39, 0.29) is 18.6 Å². The molecule has 0 heterocycles. The summed E-state index contributed by atoms with van der Waals surface area (Å²) in [4.78, 5) is 35.5. The first-order valence-corrected chi connectivity index (χ1v) is 10.0. The number of benzene rings is 2. The van der Waals surface area contributed by atoms with Crippen LogP contribution in [-0.4, -0.2) is 43.7 Å². The van der Waals surface area contributed by atoms with E-state index < -0.39 is 11.8 Å². The lowest BCUT2D eigenvalue weighted by molar-refractivity contribution is -0.139. The summed E-state index contributed by atoms with van der Waals surface area (Å²) >= 11 is 0. The number of anilines is 1. The van der Waals surface area contributed by atoms with E-state index in [9.17, 15) is 14.4 Å². The van der Waals surface area contributed by atoms with Crippen LogP contribution in [0.15, 0.2) is 41.5 Å². The average Bonchev–Trinajstić information content (AvgIpc) is 2.74. The van der Waals surface area contributed by atoms with Crippen LogP contribution in [0.2, 0.25) is 0 Å². The molecular formula is C23H28N4O5. The highest BCUT2D eigenvalue weighted by atomic mass is 16.5. The number of hydrazone groups is 1. The number of ether oxygens (including phenoxy) is 2. The SMILES string of the molecule is COc1cc(/C=N\NC(=O)C(=O)NC(C)C)ccc1OCC(=O)Nc1c(C)cccc1C. The molecule has 0 saturated carbocycles. The summed E-state index contributed by atoms with van der Waals surface area (Å²) in [7, 11) is 1.47. The number of carbonyl (C=O) groups excluding carboxylic acids is 3. The first-order valence-electron chi connectivity index (χ1n) is 10.0. The monoisotopic (exact) mass is 440 g/mol. The highest BCUT2D eigenvalue weighted by Crippen LogP contribution is 2.27. The first kappa shape index (κ1) is 24.4. The third-order valence-electron chi connectivity index (χ3n) is 4.30. The minimum absolute atomic E-state index is 0.156. The van der Waals surface area contributed by atoms with Gasteiger partial charge in [-0.05, 0) is 62.6 Å². The van der Waals surface area contributed by atoms with Gasteiger partial charge in [0.1, 0.15) is 0 Å². The number of hydrogen-bond acceptors (Lipinski definition) is 6. The van der Waals surface area contributed by atoms with Gasteiger partial charge in [-0.1, -0.05) is 18.2 Å². The molecule has 0 atom stereocenters. The topological polar surface area (TPSA) is 118 Å². The fourth-order valence-electron chi connectivity index (χ4n) is 2.76. The van der Waals surface area contributed by atoms with Crippen molar-refractivity contribution in [2.45, 2.75) is 33.7 Å². The molecule has 0 fully saturated rings. The Labute approximate surface area is 187 Å². The predicted molar refractivity (Wildman–Crippen MR) is 122 cm³/mol. The Morgan fingerprint density at radius 2 is 1.72 bits per heavy atom. The van der Waals surface area contributed by atoms with Gasteiger partial charge in [-0.2, -0.15) is 5.10 Å². The summed E-state index contributed by atoms with van der Waals surface area (Å²) in [6, 6.07) is 10.5. The standard InChI is InChI=1S/C23H28N4O5/c1-14(2)25-22(29)23(30)27-24-12-17-9-10-18(19(11-17)31-5)32-13-20(28)26-21-15(3)7-6-8-16(21)4/h6-12,14H,13H2,1-5H3,(H,25,29)(H,26,28)(H,27,30)/b24-12-. The molecule has 3 amide bonds. The normalized spacial score (nSPS) is 10.7. The van der Waals surface area contributed by atoms with Crippen molar-refractivity contribution >= 4 is 29.6 Å². The molecule has 2 aromatic rings. The highest BCUT2D eigenvalue weighted by Gasteiger charge is 2.13. The van der Waals surface area contributed by atoms with Crippen LogP contribution < -0.4 is 25.5 Å². The van der Waals surface area contributed by atoms with Crippen molar-refractivity contribution in [2.75, 3.05) is 19.0 Å². The summed E-state index contributed by atoms with van der Waals surface area (Å²) in [6.07, 6.45) is 1.36. The molecule has 0 unspecified atom stereocenters. The molecule has 0 aliphatic heterocycles. The second kappa shape index (κ2) is 11.5. The summed E-state index contributed by atoms with van der Waals surface area (Å²) in [5.41, 5.74) is 5.45.